The van der Waals surface area contributed by atoms with Crippen LogP contribution in [-0.2, 0) is 4.79 Å². The number of hydrogen-bond acceptors (Lipinski definition) is 2. The average molecular weight is 228 g/mol. The van der Waals surface area contributed by atoms with Gasteiger partial charge in [0.1, 0.15) is 0 Å². The first-order valence-electron chi connectivity index (χ1n) is 6.16. The van der Waals surface area contributed by atoms with E-state index in [0.29, 0.717) is 11.8 Å². The summed E-state index contributed by atoms with van der Waals surface area (Å²) in [6.07, 6.45) is 2.97. The topological polar surface area (TPSA) is 32.3 Å². The van der Waals surface area contributed by atoms with E-state index in [0.717, 1.165) is 6.54 Å². The second-order valence-electron chi connectivity index (χ2n) is 6.01. The molecule has 1 N–H and O–H groups in total. The summed E-state index contributed by atoms with van der Waals surface area (Å²) in [5, 5.41) is 3.39. The molecule has 0 rings (SSSR count). The van der Waals surface area contributed by atoms with E-state index in [1.54, 1.807) is 19.0 Å². The number of nitrogens with zero attached hydrogens (tertiary/aromatic N) is 1. The Hall–Kier alpha value is -0.570. The summed E-state index contributed by atoms with van der Waals surface area (Å²) in [6, 6.07) is 0.273. The highest BCUT2D eigenvalue weighted by molar-refractivity contribution is 5.76. The van der Waals surface area contributed by atoms with Crippen LogP contribution in [0.25, 0.3) is 0 Å². The highest BCUT2D eigenvalue weighted by Crippen LogP contribution is 2.19. The Bertz CT molecular complexity index is 206. The fraction of sp³-hybridized carbons (Fsp3) is 0.923. The van der Waals surface area contributed by atoms with Gasteiger partial charge in [0.2, 0.25) is 5.91 Å². The Morgan fingerprint density at radius 1 is 1.31 bits per heavy atom. The van der Waals surface area contributed by atoms with E-state index < -0.39 is 0 Å². The molecule has 0 saturated carbocycles. The SMILES string of the molecule is CC(CC(=O)N(C)C)NCCCC(C)(C)C. The van der Waals surface area contributed by atoms with Gasteiger partial charge in [0, 0.05) is 26.6 Å². The van der Waals surface area contributed by atoms with E-state index in [2.05, 4.69) is 33.0 Å². The van der Waals surface area contributed by atoms with Crippen molar-refractivity contribution in [1.82, 2.24) is 10.2 Å². The fourth-order valence-corrected chi connectivity index (χ4v) is 1.48. The van der Waals surface area contributed by atoms with Crippen molar-refractivity contribution >= 4 is 5.91 Å². The molecule has 1 unspecified atom stereocenters. The van der Waals surface area contributed by atoms with Crippen molar-refractivity contribution in [3.63, 3.8) is 0 Å². The number of carbonyl (C=O) groups excluding carboxylic acids is 1. The largest absolute Gasteiger partial charge is 0.349 e. The molecule has 0 saturated heterocycles. The van der Waals surface area contributed by atoms with Crippen molar-refractivity contribution in [2.75, 3.05) is 20.6 Å². The Balaban J connectivity index is 3.59. The molecular formula is C13H28N2O. The molecule has 0 spiro atoms. The lowest BCUT2D eigenvalue weighted by atomic mass is 9.90. The van der Waals surface area contributed by atoms with Crippen LogP contribution >= 0.6 is 0 Å². The van der Waals surface area contributed by atoms with Gasteiger partial charge in [-0.1, -0.05) is 20.8 Å². The third-order valence-corrected chi connectivity index (χ3v) is 2.58. The lowest BCUT2D eigenvalue weighted by Gasteiger charge is -2.20. The van der Waals surface area contributed by atoms with E-state index in [4.69, 9.17) is 0 Å². The molecule has 16 heavy (non-hydrogen) atoms. The lowest BCUT2D eigenvalue weighted by Crippen LogP contribution is -2.34. The number of carbonyl (C=O) groups is 1. The first kappa shape index (κ1) is 15.4. The standard InChI is InChI=1S/C13H28N2O/c1-11(10-12(16)15(5)6)14-9-7-8-13(2,3)4/h11,14H,7-10H2,1-6H3. The third kappa shape index (κ3) is 8.72. The van der Waals surface area contributed by atoms with Gasteiger partial charge in [-0.2, -0.15) is 0 Å². The molecule has 0 aliphatic heterocycles. The lowest BCUT2D eigenvalue weighted by molar-refractivity contribution is -0.129. The summed E-state index contributed by atoms with van der Waals surface area (Å²) in [6.45, 7) is 9.83. The van der Waals surface area contributed by atoms with Gasteiger partial charge in [-0.05, 0) is 31.7 Å². The summed E-state index contributed by atoms with van der Waals surface area (Å²) in [5.74, 6) is 0.191. The highest BCUT2D eigenvalue weighted by atomic mass is 16.2. The maximum atomic E-state index is 11.4. The minimum atomic E-state index is 0.191. The molecule has 0 aliphatic rings. The Morgan fingerprint density at radius 3 is 2.31 bits per heavy atom. The van der Waals surface area contributed by atoms with Crippen molar-refractivity contribution < 1.29 is 4.79 Å². The van der Waals surface area contributed by atoms with Crippen LogP contribution in [0.3, 0.4) is 0 Å². The molecule has 1 amide bonds. The van der Waals surface area contributed by atoms with E-state index in [1.807, 2.05) is 0 Å². The first-order valence-corrected chi connectivity index (χ1v) is 6.16. The van der Waals surface area contributed by atoms with E-state index in [9.17, 15) is 4.79 Å². The predicted molar refractivity (Wildman–Crippen MR) is 69.5 cm³/mol. The maximum absolute atomic E-state index is 11.4. The first-order chi connectivity index (χ1) is 7.22. The van der Waals surface area contributed by atoms with Gasteiger partial charge in [-0.25, -0.2) is 0 Å². The van der Waals surface area contributed by atoms with Crippen LogP contribution in [0.4, 0.5) is 0 Å². The van der Waals surface area contributed by atoms with E-state index in [-0.39, 0.29) is 11.9 Å². The van der Waals surface area contributed by atoms with Gasteiger partial charge in [0.25, 0.3) is 0 Å². The fourth-order valence-electron chi connectivity index (χ4n) is 1.48. The van der Waals surface area contributed by atoms with Gasteiger partial charge in [-0.15, -0.1) is 0 Å². The summed E-state index contributed by atoms with van der Waals surface area (Å²) < 4.78 is 0. The Morgan fingerprint density at radius 2 is 1.88 bits per heavy atom. The molecule has 0 aromatic heterocycles. The van der Waals surface area contributed by atoms with Crippen LogP contribution < -0.4 is 5.32 Å². The number of hydrogen-bond donors (Lipinski definition) is 1. The van der Waals surface area contributed by atoms with Crippen LogP contribution in [0.5, 0.6) is 0 Å². The minimum absolute atomic E-state index is 0.191. The summed E-state index contributed by atoms with van der Waals surface area (Å²) in [4.78, 5) is 13.1. The van der Waals surface area contributed by atoms with Gasteiger partial charge < -0.3 is 10.2 Å². The molecule has 1 atom stereocenters. The van der Waals surface area contributed by atoms with Crippen LogP contribution in [0, 0.1) is 5.41 Å². The zero-order valence-corrected chi connectivity index (χ0v) is 11.8. The second-order valence-corrected chi connectivity index (χ2v) is 6.01. The van der Waals surface area contributed by atoms with Crippen molar-refractivity contribution in [1.29, 1.82) is 0 Å². The quantitative estimate of drug-likeness (QED) is 0.707. The van der Waals surface area contributed by atoms with Crippen molar-refractivity contribution in [3.05, 3.63) is 0 Å². The molecule has 3 heteroatoms. The third-order valence-electron chi connectivity index (χ3n) is 2.58. The zero-order valence-electron chi connectivity index (χ0n) is 11.8. The molecule has 96 valence electrons. The smallest absolute Gasteiger partial charge is 0.223 e. The summed E-state index contributed by atoms with van der Waals surface area (Å²) in [5.41, 5.74) is 0.407. The molecule has 0 aliphatic carbocycles. The maximum Gasteiger partial charge on any atom is 0.223 e. The van der Waals surface area contributed by atoms with E-state index >= 15 is 0 Å². The van der Waals surface area contributed by atoms with Crippen molar-refractivity contribution in [3.8, 4) is 0 Å². The van der Waals surface area contributed by atoms with Gasteiger partial charge >= 0.3 is 0 Å². The molecule has 3 nitrogen and oxygen atoms in total. The van der Waals surface area contributed by atoms with Gasteiger partial charge in [0.15, 0.2) is 0 Å². The number of amides is 1. The van der Waals surface area contributed by atoms with Gasteiger partial charge in [-0.3, -0.25) is 4.79 Å². The molecule has 0 bridgehead atoms. The Kier molecular flexibility index (Phi) is 6.65. The van der Waals surface area contributed by atoms with Crippen LogP contribution in [-0.4, -0.2) is 37.5 Å². The molecule has 0 radical (unpaired) electrons. The molecular weight excluding hydrogens is 200 g/mol. The number of rotatable bonds is 6. The molecule has 0 aromatic rings. The molecule has 0 fully saturated rings. The second kappa shape index (κ2) is 6.89. The highest BCUT2D eigenvalue weighted by Gasteiger charge is 2.11. The minimum Gasteiger partial charge on any atom is -0.349 e. The Labute approximate surface area is 101 Å². The predicted octanol–water partition coefficient (Wildman–Crippen LogP) is 2.27. The van der Waals surface area contributed by atoms with Crippen LogP contribution in [0.1, 0.15) is 47.0 Å². The van der Waals surface area contributed by atoms with Crippen molar-refractivity contribution in [2.24, 2.45) is 5.41 Å². The van der Waals surface area contributed by atoms with E-state index in [1.165, 1.54) is 12.8 Å². The monoisotopic (exact) mass is 228 g/mol. The normalized spacial score (nSPS) is 13.6. The zero-order chi connectivity index (χ0) is 12.8. The molecule has 0 heterocycles. The van der Waals surface area contributed by atoms with Crippen molar-refractivity contribution in [2.45, 2.75) is 53.0 Å². The summed E-state index contributed by atoms with van der Waals surface area (Å²) >= 11 is 0. The van der Waals surface area contributed by atoms with Crippen LogP contribution in [0.15, 0.2) is 0 Å². The van der Waals surface area contributed by atoms with Crippen LogP contribution in [0.2, 0.25) is 0 Å². The average Bonchev–Trinajstić information content (AvgIpc) is 2.10. The summed E-state index contributed by atoms with van der Waals surface area (Å²) in [7, 11) is 3.60. The number of nitrogens with one attached hydrogen (secondary N) is 1. The van der Waals surface area contributed by atoms with Gasteiger partial charge in [0.05, 0.1) is 0 Å². The molecule has 0 aromatic carbocycles.